The molecule has 0 aromatic rings. The Morgan fingerprint density at radius 1 is 0.606 bits per heavy atom. The van der Waals surface area contributed by atoms with Crippen molar-refractivity contribution in [1.29, 1.82) is 0 Å². The molecule has 0 N–H and O–H groups in total. The zero-order valence-electron chi connectivity index (χ0n) is 26.0. The molecule has 1 rings (SSSR count). The third-order valence-corrected chi connectivity index (χ3v) is 19.2. The molecule has 0 bridgehead atoms. The van der Waals surface area contributed by atoms with Gasteiger partial charge >= 0.3 is 0 Å². The monoisotopic (exact) mass is 526 g/mol. The molecule has 0 nitrogen and oxygen atoms in total. The van der Waals surface area contributed by atoms with E-state index in [9.17, 15) is 0 Å². The Balaban J connectivity index is 3.81. The molecule has 0 radical (unpaired) electrons. The van der Waals surface area contributed by atoms with Crippen LogP contribution in [0.1, 0.15) is 83.1 Å². The maximum Gasteiger partial charge on any atom is 0.0774 e. The highest BCUT2D eigenvalue weighted by Gasteiger charge is 2.45. The SMILES string of the molecule is CC(C)(C)P(CC1=C([Si](C)(C)C)C([Si](C)(C)C)=CC1CP(C(C)(C)C)C(C)(C)C)C(C)(C)C. The number of hydrogen-bond acceptors (Lipinski definition) is 0. The second-order valence-electron chi connectivity index (χ2n) is 16.5. The van der Waals surface area contributed by atoms with Crippen LogP contribution in [0.2, 0.25) is 39.3 Å². The summed E-state index contributed by atoms with van der Waals surface area (Å²) in [7, 11) is -3.13. The minimum atomic E-state index is -1.47. The van der Waals surface area contributed by atoms with Gasteiger partial charge in [0.1, 0.15) is 0 Å². The van der Waals surface area contributed by atoms with E-state index in [0.717, 1.165) is 0 Å². The third kappa shape index (κ3) is 8.40. The van der Waals surface area contributed by atoms with Gasteiger partial charge in [-0.15, -0.1) is 0 Å². The lowest BCUT2D eigenvalue weighted by Gasteiger charge is -2.45. The van der Waals surface area contributed by atoms with Gasteiger partial charge in [0.15, 0.2) is 0 Å². The summed E-state index contributed by atoms with van der Waals surface area (Å²) in [6.45, 7) is 45.7. The molecule has 194 valence electrons. The molecule has 0 fully saturated rings. The summed E-state index contributed by atoms with van der Waals surface area (Å²) in [5.41, 5.74) is 1.89. The van der Waals surface area contributed by atoms with E-state index >= 15 is 0 Å². The molecule has 1 unspecified atom stereocenters. The maximum atomic E-state index is 2.83. The molecule has 0 aromatic carbocycles. The van der Waals surface area contributed by atoms with Gasteiger partial charge in [-0.1, -0.05) is 160 Å². The van der Waals surface area contributed by atoms with Gasteiger partial charge in [-0.2, -0.15) is 0 Å². The van der Waals surface area contributed by atoms with E-state index in [2.05, 4.69) is 128 Å². The first-order chi connectivity index (χ1) is 14.2. The van der Waals surface area contributed by atoms with Crippen molar-refractivity contribution in [3.63, 3.8) is 0 Å². The molecule has 0 amide bonds. The van der Waals surface area contributed by atoms with E-state index in [0.29, 0.717) is 26.5 Å². The predicted molar refractivity (Wildman–Crippen MR) is 168 cm³/mol. The first-order valence-corrected chi connectivity index (χ1v) is 23.3. The molecule has 33 heavy (non-hydrogen) atoms. The van der Waals surface area contributed by atoms with E-state index in [-0.39, 0.29) is 15.8 Å². The lowest BCUT2D eigenvalue weighted by atomic mass is 10.1. The Morgan fingerprint density at radius 3 is 1.24 bits per heavy atom. The molecule has 0 aromatic heterocycles. The second kappa shape index (κ2) is 9.91. The van der Waals surface area contributed by atoms with E-state index < -0.39 is 16.1 Å². The van der Waals surface area contributed by atoms with E-state index in [1.54, 1.807) is 0 Å². The van der Waals surface area contributed by atoms with Crippen molar-refractivity contribution in [2.75, 3.05) is 12.3 Å². The number of rotatable bonds is 6. The maximum absolute atomic E-state index is 2.83. The first-order valence-electron chi connectivity index (χ1n) is 13.2. The van der Waals surface area contributed by atoms with E-state index in [1.807, 2.05) is 16.0 Å². The fourth-order valence-electron chi connectivity index (χ4n) is 6.01. The Morgan fingerprint density at radius 2 is 0.970 bits per heavy atom. The van der Waals surface area contributed by atoms with Crippen LogP contribution in [0.3, 0.4) is 0 Å². The van der Waals surface area contributed by atoms with Crippen LogP contribution >= 0.6 is 15.8 Å². The van der Waals surface area contributed by atoms with Crippen molar-refractivity contribution in [2.45, 2.75) is 143 Å². The highest BCUT2D eigenvalue weighted by Crippen LogP contribution is 2.65. The van der Waals surface area contributed by atoms with Gasteiger partial charge in [-0.05, 0) is 32.9 Å². The number of allylic oxidation sites excluding steroid dienone is 4. The zero-order valence-corrected chi connectivity index (χ0v) is 29.8. The lowest BCUT2D eigenvalue weighted by Crippen LogP contribution is -2.35. The van der Waals surface area contributed by atoms with Crippen LogP contribution in [0, 0.1) is 5.92 Å². The minimum absolute atomic E-state index is 0.112. The average molecular weight is 527 g/mol. The molecule has 1 aliphatic carbocycles. The van der Waals surface area contributed by atoms with Gasteiger partial charge in [-0.25, -0.2) is 0 Å². The van der Waals surface area contributed by atoms with Crippen molar-refractivity contribution in [3.8, 4) is 0 Å². The normalized spacial score (nSPS) is 19.8. The summed E-state index contributed by atoms with van der Waals surface area (Å²) in [5.74, 6) is 0.660. The molecule has 1 atom stereocenters. The lowest BCUT2D eigenvalue weighted by molar-refractivity contribution is 0.687. The molecule has 0 saturated heterocycles. The Kier molecular flexibility index (Phi) is 9.55. The van der Waals surface area contributed by atoms with Crippen molar-refractivity contribution >= 4 is 32.0 Å². The first kappa shape index (κ1) is 31.8. The summed E-state index contributed by atoms with van der Waals surface area (Å²) >= 11 is 0. The summed E-state index contributed by atoms with van der Waals surface area (Å²) in [6, 6.07) is 0. The molecule has 4 heteroatoms. The highest BCUT2D eigenvalue weighted by molar-refractivity contribution is 7.61. The quantitative estimate of drug-likeness (QED) is 0.238. The largest absolute Gasteiger partial charge is 0.0947 e. The van der Waals surface area contributed by atoms with Crippen molar-refractivity contribution in [1.82, 2.24) is 0 Å². The zero-order chi connectivity index (χ0) is 26.6. The van der Waals surface area contributed by atoms with Crippen LogP contribution in [-0.2, 0) is 0 Å². The molecule has 0 aliphatic heterocycles. The molecule has 0 saturated carbocycles. The van der Waals surface area contributed by atoms with Gasteiger partial charge in [0.2, 0.25) is 0 Å². The fourth-order valence-corrected chi connectivity index (χ4v) is 19.7. The van der Waals surface area contributed by atoms with Crippen molar-refractivity contribution in [3.05, 3.63) is 22.0 Å². The topological polar surface area (TPSA) is 0 Å². The molecular weight excluding hydrogens is 466 g/mol. The van der Waals surface area contributed by atoms with Crippen LogP contribution in [0.4, 0.5) is 0 Å². The Labute approximate surface area is 214 Å². The summed E-state index contributed by atoms with van der Waals surface area (Å²) in [6.07, 6.45) is 5.55. The van der Waals surface area contributed by atoms with Gasteiger partial charge in [0.05, 0.1) is 16.1 Å². The van der Waals surface area contributed by atoms with E-state index in [4.69, 9.17) is 0 Å². The predicted octanol–water partition coefficient (Wildman–Crippen LogP) is 10.8. The van der Waals surface area contributed by atoms with Crippen LogP contribution < -0.4 is 0 Å². The molecule has 0 heterocycles. The summed E-state index contributed by atoms with van der Waals surface area (Å²) in [5, 5.41) is 5.23. The van der Waals surface area contributed by atoms with Gasteiger partial charge < -0.3 is 0 Å². The van der Waals surface area contributed by atoms with Gasteiger partial charge in [0.25, 0.3) is 0 Å². The number of hydrogen-bond donors (Lipinski definition) is 0. The highest BCUT2D eigenvalue weighted by atomic mass is 31.1. The minimum Gasteiger partial charge on any atom is -0.0947 e. The Bertz CT molecular complexity index is 720. The van der Waals surface area contributed by atoms with Gasteiger partial charge in [-0.3, -0.25) is 0 Å². The van der Waals surface area contributed by atoms with Gasteiger partial charge in [0, 0.05) is 5.92 Å². The van der Waals surface area contributed by atoms with Crippen molar-refractivity contribution < 1.29 is 0 Å². The average Bonchev–Trinajstić information content (AvgIpc) is 2.84. The van der Waals surface area contributed by atoms with Crippen LogP contribution in [-0.4, -0.2) is 49.1 Å². The molecular formula is C29H60P2Si2. The third-order valence-electron chi connectivity index (χ3n) is 6.91. The standard InChI is InChI=1S/C29H60P2Si2/c1-26(2,3)30(27(4,5)6)20-22-19-24(32(13,14)15)25(33(16,17)18)23(22)21-31(28(7,8)9)29(10,11)12/h19,22H,20-21H2,1-18H3. The second-order valence-corrected chi connectivity index (χ2v) is 34.3. The van der Waals surface area contributed by atoms with Crippen LogP contribution in [0.25, 0.3) is 0 Å². The van der Waals surface area contributed by atoms with E-state index in [1.165, 1.54) is 12.3 Å². The molecule has 1 aliphatic rings. The van der Waals surface area contributed by atoms with Crippen LogP contribution in [0.15, 0.2) is 22.0 Å². The Hall–Kier alpha value is 0.774. The smallest absolute Gasteiger partial charge is 0.0774 e. The summed E-state index contributed by atoms with van der Waals surface area (Å²) < 4.78 is 0. The fraction of sp³-hybridized carbons (Fsp3) is 0.862. The van der Waals surface area contributed by atoms with Crippen LogP contribution in [0.5, 0.6) is 0 Å². The summed E-state index contributed by atoms with van der Waals surface area (Å²) in [4.78, 5) is 0. The van der Waals surface area contributed by atoms with Crippen molar-refractivity contribution in [2.24, 2.45) is 5.92 Å². The molecule has 0 spiro atoms.